The third-order valence-electron chi connectivity index (χ3n) is 4.29. The molecule has 0 fully saturated rings. The smallest absolute Gasteiger partial charge is 0.115 e. The zero-order valence-electron chi connectivity index (χ0n) is 14.6. The largest absolute Gasteiger partial charge is 0.508 e. The number of allylic oxidation sites excluding steroid dienone is 1. The van der Waals surface area contributed by atoms with Crippen molar-refractivity contribution in [2.45, 2.75) is 78.1 Å². The lowest BCUT2D eigenvalue weighted by atomic mass is 9.98. The van der Waals surface area contributed by atoms with Crippen LogP contribution in [0.1, 0.15) is 83.6 Å². The monoisotopic (exact) mass is 302 g/mol. The van der Waals surface area contributed by atoms with Gasteiger partial charge in [0.05, 0.1) is 0 Å². The fraction of sp³-hybridized carbons (Fsp3) is 0.619. The SMILES string of the molecule is CCCCCCCCCCC(C)C/C=C/c1ccc(O)cc1. The third kappa shape index (κ3) is 9.65. The van der Waals surface area contributed by atoms with Crippen LogP contribution in [0.3, 0.4) is 0 Å². The Bertz CT molecular complexity index is 391. The first-order valence-electron chi connectivity index (χ1n) is 9.18. The van der Waals surface area contributed by atoms with Crippen LogP contribution in [0.2, 0.25) is 0 Å². The highest BCUT2D eigenvalue weighted by atomic mass is 16.3. The van der Waals surface area contributed by atoms with Gasteiger partial charge in [0.1, 0.15) is 5.75 Å². The first-order valence-corrected chi connectivity index (χ1v) is 9.18. The van der Waals surface area contributed by atoms with Crippen molar-refractivity contribution in [3.05, 3.63) is 35.9 Å². The second kappa shape index (κ2) is 12.3. The van der Waals surface area contributed by atoms with Crippen LogP contribution in [0, 0.1) is 5.92 Å². The summed E-state index contributed by atoms with van der Waals surface area (Å²) >= 11 is 0. The lowest BCUT2D eigenvalue weighted by Gasteiger charge is -2.08. The van der Waals surface area contributed by atoms with Crippen molar-refractivity contribution in [2.75, 3.05) is 0 Å². The van der Waals surface area contributed by atoms with Gasteiger partial charge in [0.25, 0.3) is 0 Å². The number of benzene rings is 1. The summed E-state index contributed by atoms with van der Waals surface area (Å²) in [7, 11) is 0. The van der Waals surface area contributed by atoms with Gasteiger partial charge in [0.15, 0.2) is 0 Å². The van der Waals surface area contributed by atoms with Crippen molar-refractivity contribution in [3.63, 3.8) is 0 Å². The van der Waals surface area contributed by atoms with E-state index < -0.39 is 0 Å². The fourth-order valence-corrected chi connectivity index (χ4v) is 2.77. The molecule has 124 valence electrons. The molecule has 0 amide bonds. The van der Waals surface area contributed by atoms with E-state index in [1.165, 1.54) is 57.8 Å². The van der Waals surface area contributed by atoms with Crippen LogP contribution >= 0.6 is 0 Å². The molecule has 22 heavy (non-hydrogen) atoms. The standard InChI is InChI=1S/C21H34O/c1-3-4-5-6-7-8-9-10-12-19(2)13-11-14-20-15-17-21(22)18-16-20/h11,14-19,22H,3-10,12-13H2,1-2H3/b14-11+. The second-order valence-corrected chi connectivity index (χ2v) is 6.60. The van der Waals surface area contributed by atoms with Crippen molar-refractivity contribution in [3.8, 4) is 5.75 Å². The predicted octanol–water partition coefficient (Wildman–Crippen LogP) is 6.96. The molecule has 0 aliphatic carbocycles. The van der Waals surface area contributed by atoms with E-state index in [4.69, 9.17) is 0 Å². The van der Waals surface area contributed by atoms with Gasteiger partial charge in [0.2, 0.25) is 0 Å². The molecule has 0 saturated heterocycles. The van der Waals surface area contributed by atoms with Crippen LogP contribution in [0.15, 0.2) is 30.3 Å². The van der Waals surface area contributed by atoms with Gasteiger partial charge < -0.3 is 5.11 Å². The van der Waals surface area contributed by atoms with E-state index in [2.05, 4.69) is 26.0 Å². The van der Waals surface area contributed by atoms with E-state index in [0.717, 1.165) is 17.9 Å². The summed E-state index contributed by atoms with van der Waals surface area (Å²) in [6, 6.07) is 7.39. The Morgan fingerprint density at radius 2 is 1.50 bits per heavy atom. The van der Waals surface area contributed by atoms with Gasteiger partial charge >= 0.3 is 0 Å². The van der Waals surface area contributed by atoms with Gasteiger partial charge in [0, 0.05) is 0 Å². The highest BCUT2D eigenvalue weighted by molar-refractivity contribution is 5.50. The lowest BCUT2D eigenvalue weighted by molar-refractivity contribution is 0.475. The molecule has 0 bridgehead atoms. The summed E-state index contributed by atoms with van der Waals surface area (Å²) in [5, 5.41) is 9.25. The van der Waals surface area contributed by atoms with Crippen LogP contribution in [0.25, 0.3) is 6.08 Å². The van der Waals surface area contributed by atoms with Crippen LogP contribution in [0.4, 0.5) is 0 Å². The van der Waals surface area contributed by atoms with Crippen molar-refractivity contribution in [1.82, 2.24) is 0 Å². The lowest BCUT2D eigenvalue weighted by Crippen LogP contribution is -1.92. The zero-order valence-corrected chi connectivity index (χ0v) is 14.6. The maximum atomic E-state index is 9.25. The van der Waals surface area contributed by atoms with Crippen molar-refractivity contribution >= 4 is 6.08 Å². The number of rotatable bonds is 12. The molecule has 1 atom stereocenters. The van der Waals surface area contributed by atoms with E-state index in [9.17, 15) is 5.11 Å². The molecule has 0 heterocycles. The van der Waals surface area contributed by atoms with Crippen molar-refractivity contribution in [1.29, 1.82) is 0 Å². The van der Waals surface area contributed by atoms with Gasteiger partial charge in [-0.1, -0.05) is 95.9 Å². The number of aromatic hydroxyl groups is 1. The summed E-state index contributed by atoms with van der Waals surface area (Å²) in [4.78, 5) is 0. The maximum Gasteiger partial charge on any atom is 0.115 e. The molecule has 1 heteroatoms. The molecule has 1 rings (SSSR count). The molecule has 1 nitrogen and oxygen atoms in total. The van der Waals surface area contributed by atoms with Crippen LogP contribution in [-0.2, 0) is 0 Å². The van der Waals surface area contributed by atoms with E-state index in [1.54, 1.807) is 12.1 Å². The van der Waals surface area contributed by atoms with Crippen LogP contribution < -0.4 is 0 Å². The summed E-state index contributed by atoms with van der Waals surface area (Å²) in [5.74, 6) is 1.11. The zero-order chi connectivity index (χ0) is 16.0. The summed E-state index contributed by atoms with van der Waals surface area (Å²) in [6.45, 7) is 4.62. The normalized spacial score (nSPS) is 12.8. The maximum absolute atomic E-state index is 9.25. The van der Waals surface area contributed by atoms with Crippen molar-refractivity contribution < 1.29 is 5.11 Å². The first kappa shape index (κ1) is 18.8. The first-order chi connectivity index (χ1) is 10.7. The Morgan fingerprint density at radius 3 is 2.14 bits per heavy atom. The van der Waals surface area contributed by atoms with E-state index >= 15 is 0 Å². The quantitative estimate of drug-likeness (QED) is 0.414. The average Bonchev–Trinajstić information content (AvgIpc) is 2.52. The van der Waals surface area contributed by atoms with Gasteiger partial charge in [-0.15, -0.1) is 0 Å². The van der Waals surface area contributed by atoms with E-state index in [0.29, 0.717) is 5.75 Å². The topological polar surface area (TPSA) is 20.2 Å². The number of hydrogen-bond donors (Lipinski definition) is 1. The number of unbranched alkanes of at least 4 members (excludes halogenated alkanes) is 7. The fourth-order valence-electron chi connectivity index (χ4n) is 2.77. The molecule has 0 spiro atoms. The Morgan fingerprint density at radius 1 is 0.909 bits per heavy atom. The Balaban J connectivity index is 2.01. The summed E-state index contributed by atoms with van der Waals surface area (Å²) < 4.78 is 0. The summed E-state index contributed by atoms with van der Waals surface area (Å²) in [5.41, 5.74) is 1.16. The molecule has 0 aliphatic heterocycles. The summed E-state index contributed by atoms with van der Waals surface area (Å²) in [6.07, 6.45) is 18.1. The predicted molar refractivity (Wildman–Crippen MR) is 98.1 cm³/mol. The molecule has 0 saturated carbocycles. The molecule has 0 radical (unpaired) electrons. The van der Waals surface area contributed by atoms with Crippen LogP contribution in [0.5, 0.6) is 5.75 Å². The minimum Gasteiger partial charge on any atom is -0.508 e. The number of hydrogen-bond acceptors (Lipinski definition) is 1. The van der Waals surface area contributed by atoms with Gasteiger partial charge in [-0.3, -0.25) is 0 Å². The highest BCUT2D eigenvalue weighted by Gasteiger charge is 2.00. The highest BCUT2D eigenvalue weighted by Crippen LogP contribution is 2.17. The Labute approximate surface area is 137 Å². The molecular formula is C21H34O. The molecular weight excluding hydrogens is 268 g/mol. The second-order valence-electron chi connectivity index (χ2n) is 6.60. The molecule has 1 N–H and O–H groups in total. The number of phenols is 1. The van der Waals surface area contributed by atoms with Gasteiger partial charge in [-0.05, 0) is 30.0 Å². The molecule has 1 aromatic carbocycles. The van der Waals surface area contributed by atoms with E-state index in [-0.39, 0.29) is 0 Å². The third-order valence-corrected chi connectivity index (χ3v) is 4.29. The molecule has 1 aromatic rings. The minimum atomic E-state index is 0.334. The molecule has 0 aliphatic rings. The Hall–Kier alpha value is -1.24. The number of phenolic OH excluding ortho intramolecular Hbond substituents is 1. The van der Waals surface area contributed by atoms with Crippen molar-refractivity contribution in [2.24, 2.45) is 5.92 Å². The Kier molecular flexibility index (Phi) is 10.5. The molecule has 1 unspecified atom stereocenters. The van der Waals surface area contributed by atoms with Gasteiger partial charge in [-0.25, -0.2) is 0 Å². The molecule has 0 aromatic heterocycles. The van der Waals surface area contributed by atoms with Gasteiger partial charge in [-0.2, -0.15) is 0 Å². The minimum absolute atomic E-state index is 0.334. The van der Waals surface area contributed by atoms with E-state index in [1.807, 2.05) is 12.1 Å². The average molecular weight is 303 g/mol. The van der Waals surface area contributed by atoms with Crippen LogP contribution in [-0.4, -0.2) is 5.11 Å².